The number of hydrogen-bond donors (Lipinski definition) is 1. The van der Waals surface area contributed by atoms with Gasteiger partial charge in [-0.1, -0.05) is 31.0 Å². The first-order valence-corrected chi connectivity index (χ1v) is 7.19. The molecule has 1 N–H and O–H groups in total. The molecule has 1 unspecified atom stereocenters. The smallest absolute Gasteiger partial charge is 0.147 e. The average Bonchev–Trinajstić information content (AvgIpc) is 2.23. The van der Waals surface area contributed by atoms with E-state index >= 15 is 0 Å². The zero-order chi connectivity index (χ0) is 12.4. The predicted molar refractivity (Wildman–Crippen MR) is 72.9 cm³/mol. The number of rotatable bonds is 4. The number of benzene rings is 1. The first kappa shape index (κ1) is 13.3. The van der Waals surface area contributed by atoms with E-state index < -0.39 is 0 Å². The third-order valence-electron chi connectivity index (χ3n) is 3.45. The Hall–Kier alpha value is -0.120. The maximum atomic E-state index is 14.2. The molecule has 0 bridgehead atoms. The third kappa shape index (κ3) is 2.67. The van der Waals surface area contributed by atoms with Crippen molar-refractivity contribution < 1.29 is 4.39 Å². The van der Waals surface area contributed by atoms with Crippen molar-refractivity contribution in [2.45, 2.75) is 32.2 Å². The fraction of sp³-hybridized carbons (Fsp3) is 0.538. The van der Waals surface area contributed by atoms with Gasteiger partial charge in [0.15, 0.2) is 0 Å². The number of halogens is 3. The van der Waals surface area contributed by atoms with E-state index in [1.54, 1.807) is 0 Å². The lowest BCUT2D eigenvalue weighted by atomic mass is 9.77. The zero-order valence-electron chi connectivity index (χ0n) is 9.77. The van der Waals surface area contributed by atoms with Gasteiger partial charge in [-0.2, -0.15) is 0 Å². The van der Waals surface area contributed by atoms with E-state index in [9.17, 15) is 4.39 Å². The van der Waals surface area contributed by atoms with Crippen molar-refractivity contribution in [3.05, 3.63) is 33.0 Å². The molecule has 0 aliphatic heterocycles. The summed E-state index contributed by atoms with van der Waals surface area (Å²) >= 11 is 9.19. The van der Waals surface area contributed by atoms with Gasteiger partial charge in [0.2, 0.25) is 0 Å². The molecule has 1 nitrogen and oxygen atoms in total. The van der Waals surface area contributed by atoms with Crippen LogP contribution >= 0.6 is 27.5 Å². The van der Waals surface area contributed by atoms with Gasteiger partial charge in [-0.3, -0.25) is 0 Å². The molecule has 1 aliphatic rings. The zero-order valence-corrected chi connectivity index (χ0v) is 12.1. The van der Waals surface area contributed by atoms with Gasteiger partial charge >= 0.3 is 0 Å². The Balaban J connectivity index is 2.31. The van der Waals surface area contributed by atoms with Gasteiger partial charge in [-0.05, 0) is 47.3 Å². The lowest BCUT2D eigenvalue weighted by Gasteiger charge is -2.35. The standard InChI is InChI=1S/C13H16BrClFN/c1-2-17-13(8-4-3-5-8)9-6-7-10(14)11(15)12(9)16/h6-8,13,17H,2-5H2,1H3. The monoisotopic (exact) mass is 319 g/mol. The minimum absolute atomic E-state index is 0.0966. The molecule has 17 heavy (non-hydrogen) atoms. The molecule has 0 amide bonds. The molecule has 1 atom stereocenters. The van der Waals surface area contributed by atoms with Crippen LogP contribution in [0.3, 0.4) is 0 Å². The lowest BCUT2D eigenvalue weighted by molar-refractivity contribution is 0.229. The van der Waals surface area contributed by atoms with Crippen molar-refractivity contribution in [2.75, 3.05) is 6.54 Å². The summed E-state index contributed by atoms with van der Waals surface area (Å²) in [6.07, 6.45) is 3.59. The van der Waals surface area contributed by atoms with Gasteiger partial charge in [0.1, 0.15) is 5.82 Å². The van der Waals surface area contributed by atoms with E-state index in [0.717, 1.165) is 6.54 Å². The third-order valence-corrected chi connectivity index (χ3v) is 4.70. The second-order valence-electron chi connectivity index (χ2n) is 4.49. The van der Waals surface area contributed by atoms with Crippen LogP contribution in [0.4, 0.5) is 4.39 Å². The van der Waals surface area contributed by atoms with Crippen molar-refractivity contribution in [3.63, 3.8) is 0 Å². The first-order chi connectivity index (χ1) is 8.15. The molecule has 1 aromatic rings. The quantitative estimate of drug-likeness (QED) is 0.793. The summed E-state index contributed by atoms with van der Waals surface area (Å²) < 4.78 is 14.8. The first-order valence-electron chi connectivity index (χ1n) is 6.02. The van der Waals surface area contributed by atoms with Crippen LogP contribution in [-0.2, 0) is 0 Å². The Morgan fingerprint density at radius 3 is 2.76 bits per heavy atom. The van der Waals surface area contributed by atoms with Crippen LogP contribution in [0.1, 0.15) is 37.8 Å². The molecule has 0 aromatic heterocycles. The summed E-state index contributed by atoms with van der Waals surface area (Å²) in [6, 6.07) is 3.75. The van der Waals surface area contributed by atoms with Crippen LogP contribution in [0.5, 0.6) is 0 Å². The van der Waals surface area contributed by atoms with Gasteiger partial charge in [-0.15, -0.1) is 0 Å². The molecule has 0 spiro atoms. The van der Waals surface area contributed by atoms with Crippen LogP contribution in [-0.4, -0.2) is 6.54 Å². The molecule has 4 heteroatoms. The maximum absolute atomic E-state index is 14.2. The largest absolute Gasteiger partial charge is 0.310 e. The molecule has 94 valence electrons. The lowest BCUT2D eigenvalue weighted by Crippen LogP contribution is -2.32. The summed E-state index contributed by atoms with van der Waals surface area (Å²) in [5.41, 5.74) is 0.699. The SMILES string of the molecule is CCNC(c1ccc(Br)c(Cl)c1F)C1CCC1. The maximum Gasteiger partial charge on any atom is 0.147 e. The van der Waals surface area contributed by atoms with Crippen molar-refractivity contribution >= 4 is 27.5 Å². The van der Waals surface area contributed by atoms with Crippen molar-refractivity contribution in [1.82, 2.24) is 5.32 Å². The van der Waals surface area contributed by atoms with E-state index in [0.29, 0.717) is 16.0 Å². The van der Waals surface area contributed by atoms with E-state index in [-0.39, 0.29) is 16.9 Å². The Bertz CT molecular complexity index is 407. The minimum Gasteiger partial charge on any atom is -0.310 e. The topological polar surface area (TPSA) is 12.0 Å². The second-order valence-corrected chi connectivity index (χ2v) is 5.72. The van der Waals surface area contributed by atoms with Crippen LogP contribution < -0.4 is 5.32 Å². The highest BCUT2D eigenvalue weighted by Gasteiger charge is 2.30. The van der Waals surface area contributed by atoms with Crippen LogP contribution in [0, 0.1) is 11.7 Å². The number of nitrogens with one attached hydrogen (secondary N) is 1. The van der Waals surface area contributed by atoms with Crippen molar-refractivity contribution in [2.24, 2.45) is 5.92 Å². The van der Waals surface area contributed by atoms with Crippen LogP contribution in [0.2, 0.25) is 5.02 Å². The number of hydrogen-bond acceptors (Lipinski definition) is 1. The van der Waals surface area contributed by atoms with Crippen molar-refractivity contribution in [3.8, 4) is 0 Å². The van der Waals surface area contributed by atoms with Gasteiger partial charge < -0.3 is 5.32 Å². The summed E-state index contributed by atoms with van der Waals surface area (Å²) in [4.78, 5) is 0. The van der Waals surface area contributed by atoms with Gasteiger partial charge in [0.05, 0.1) is 5.02 Å². The van der Waals surface area contributed by atoms with Crippen LogP contribution in [0.15, 0.2) is 16.6 Å². The molecular formula is C13H16BrClFN. The Morgan fingerprint density at radius 1 is 1.53 bits per heavy atom. The van der Waals surface area contributed by atoms with E-state index in [2.05, 4.69) is 21.2 Å². The summed E-state index contributed by atoms with van der Waals surface area (Å²) in [5, 5.41) is 3.56. The normalized spacial score (nSPS) is 17.9. The molecule has 0 heterocycles. The minimum atomic E-state index is -0.293. The highest BCUT2D eigenvalue weighted by molar-refractivity contribution is 9.10. The van der Waals surface area contributed by atoms with E-state index in [4.69, 9.17) is 11.6 Å². The molecule has 2 rings (SSSR count). The van der Waals surface area contributed by atoms with E-state index in [1.807, 2.05) is 19.1 Å². The molecule has 1 saturated carbocycles. The van der Waals surface area contributed by atoms with Crippen LogP contribution in [0.25, 0.3) is 0 Å². The molecular weight excluding hydrogens is 305 g/mol. The summed E-state index contributed by atoms with van der Waals surface area (Å²) in [6.45, 7) is 2.89. The Labute approximate surface area is 115 Å². The van der Waals surface area contributed by atoms with Gasteiger partial charge in [0, 0.05) is 16.1 Å². The van der Waals surface area contributed by atoms with Gasteiger partial charge in [0.25, 0.3) is 0 Å². The molecule has 1 aromatic carbocycles. The molecule has 0 saturated heterocycles. The molecule has 0 radical (unpaired) electrons. The highest BCUT2D eigenvalue weighted by atomic mass is 79.9. The molecule has 1 fully saturated rings. The summed E-state index contributed by atoms with van der Waals surface area (Å²) in [7, 11) is 0. The Morgan fingerprint density at radius 2 is 2.24 bits per heavy atom. The van der Waals surface area contributed by atoms with Crippen molar-refractivity contribution in [1.29, 1.82) is 0 Å². The predicted octanol–water partition coefficient (Wildman–Crippen LogP) is 4.69. The molecule has 1 aliphatic carbocycles. The van der Waals surface area contributed by atoms with Gasteiger partial charge in [-0.25, -0.2) is 4.39 Å². The van der Waals surface area contributed by atoms with E-state index in [1.165, 1.54) is 19.3 Å². The highest BCUT2D eigenvalue weighted by Crippen LogP contribution is 2.40. The fourth-order valence-electron chi connectivity index (χ4n) is 2.30. The fourth-order valence-corrected chi connectivity index (χ4v) is 2.78. The average molecular weight is 321 g/mol. The Kier molecular flexibility index (Phi) is 4.45. The second kappa shape index (κ2) is 5.68. The summed E-state index contributed by atoms with van der Waals surface area (Å²) in [5.74, 6) is 0.251.